The molecule has 1 saturated carbocycles. The molecule has 2 aromatic carbocycles. The van der Waals surface area contributed by atoms with Gasteiger partial charge in [0.2, 0.25) is 0 Å². The molecule has 6 nitrogen and oxygen atoms in total. The zero-order chi connectivity index (χ0) is 28.8. The highest BCUT2D eigenvalue weighted by atomic mass is 35.5. The molecular weight excluding hydrogens is 556 g/mol. The maximum atomic E-state index is 13.4. The number of carbonyl (C=O) groups excluding carboxylic acids is 1. The lowest BCUT2D eigenvalue weighted by molar-refractivity contribution is -0.319. The van der Waals surface area contributed by atoms with Gasteiger partial charge in [-0.3, -0.25) is 0 Å². The van der Waals surface area contributed by atoms with Crippen LogP contribution in [0.3, 0.4) is 0 Å². The molecule has 1 fully saturated rings. The number of carbonyl (C=O) groups is 1. The third kappa shape index (κ3) is 5.82. The van der Waals surface area contributed by atoms with E-state index in [9.17, 15) is 9.00 Å². The van der Waals surface area contributed by atoms with Crippen molar-refractivity contribution in [2.45, 2.75) is 57.0 Å². The minimum Gasteiger partial charge on any atom is -0.490 e. The second-order valence-corrected chi connectivity index (χ2v) is 15.8. The number of benzene rings is 2. The molecule has 2 heterocycles. The van der Waals surface area contributed by atoms with E-state index < -0.39 is 9.73 Å². The molecule has 2 aromatic rings. The van der Waals surface area contributed by atoms with Crippen molar-refractivity contribution in [3.05, 3.63) is 70.3 Å². The van der Waals surface area contributed by atoms with Crippen LogP contribution in [-0.2, 0) is 26.3 Å². The number of hydrogen-bond donors (Lipinski definition) is 1. The van der Waals surface area contributed by atoms with Gasteiger partial charge in [0.25, 0.3) is 0 Å². The molecule has 220 valence electrons. The number of rotatable bonds is 1. The summed E-state index contributed by atoms with van der Waals surface area (Å²) >= 11 is 6.42. The number of amides is 1. The number of allylic oxidation sites excluding steroid dienone is 1. The van der Waals surface area contributed by atoms with Crippen LogP contribution in [0.1, 0.15) is 60.5 Å². The molecule has 41 heavy (non-hydrogen) atoms. The third-order valence-electron chi connectivity index (χ3n) is 9.70. The Bertz CT molecular complexity index is 1480. The van der Waals surface area contributed by atoms with E-state index in [1.807, 2.05) is 18.2 Å². The molecule has 1 amide bonds. The molecule has 4 aliphatic rings. The van der Waals surface area contributed by atoms with E-state index >= 15 is 0 Å². The van der Waals surface area contributed by atoms with Crippen molar-refractivity contribution in [2.24, 2.45) is 17.8 Å². The van der Waals surface area contributed by atoms with Crippen molar-refractivity contribution >= 4 is 32.9 Å². The van der Waals surface area contributed by atoms with Crippen LogP contribution in [0.5, 0.6) is 5.75 Å². The quantitative estimate of drug-likeness (QED) is 0.480. The summed E-state index contributed by atoms with van der Waals surface area (Å²) in [4.78, 5) is 15.9. The summed E-state index contributed by atoms with van der Waals surface area (Å²) in [6.45, 7) is 4.33. The summed E-state index contributed by atoms with van der Waals surface area (Å²) in [6, 6.07) is 12.0. The van der Waals surface area contributed by atoms with Crippen LogP contribution < -0.4 is 14.0 Å². The lowest BCUT2D eigenvalue weighted by Crippen LogP contribution is -2.77. The lowest BCUT2D eigenvalue weighted by atomic mass is 9.68. The zero-order valence-corrected chi connectivity index (χ0v) is 25.9. The van der Waals surface area contributed by atoms with Gasteiger partial charge in [0.15, 0.2) is 9.73 Å². The minimum absolute atomic E-state index is 0.0556. The Labute approximate surface area is 249 Å². The Morgan fingerprint density at radius 3 is 2.83 bits per heavy atom. The van der Waals surface area contributed by atoms with Gasteiger partial charge in [-0.05, 0) is 97.7 Å². The second-order valence-electron chi connectivity index (χ2n) is 12.9. The van der Waals surface area contributed by atoms with Crippen LogP contribution in [0.4, 0.5) is 5.69 Å². The Morgan fingerprint density at radius 2 is 2.05 bits per heavy atom. The Hall–Kier alpha value is -2.35. The molecule has 0 unspecified atom stereocenters. The molecule has 1 spiro atoms. The summed E-state index contributed by atoms with van der Waals surface area (Å²) in [6.07, 6.45) is 12.3. The van der Waals surface area contributed by atoms with Gasteiger partial charge < -0.3 is 14.4 Å². The van der Waals surface area contributed by atoms with Crippen LogP contribution in [0.25, 0.3) is 0 Å². The van der Waals surface area contributed by atoms with Gasteiger partial charge in [-0.2, -0.15) is 0 Å². The van der Waals surface area contributed by atoms with Crippen molar-refractivity contribution in [2.75, 3.05) is 43.7 Å². The van der Waals surface area contributed by atoms with Gasteiger partial charge in [0, 0.05) is 30.6 Å². The second kappa shape index (κ2) is 11.4. The van der Waals surface area contributed by atoms with Crippen molar-refractivity contribution in [1.82, 2.24) is 0 Å². The highest BCUT2D eigenvalue weighted by Gasteiger charge is 2.44. The Morgan fingerprint density at radius 1 is 1.20 bits per heavy atom. The third-order valence-corrected chi connectivity index (χ3v) is 11.8. The van der Waals surface area contributed by atoms with E-state index in [-0.39, 0.29) is 23.3 Å². The van der Waals surface area contributed by atoms with Crippen molar-refractivity contribution < 1.29 is 22.8 Å². The number of halogens is 1. The zero-order valence-electron chi connectivity index (χ0n) is 24.4. The number of aryl methyl sites for hydroxylation is 1. The molecule has 2 aliphatic carbocycles. The predicted octanol–water partition coefficient (Wildman–Crippen LogP) is 4.77. The first-order valence-corrected chi connectivity index (χ1v) is 17.5. The Balaban J connectivity index is 1.44. The predicted molar refractivity (Wildman–Crippen MR) is 164 cm³/mol. The number of nitrogens with zero attached hydrogens (tertiary/aromatic N) is 1. The van der Waals surface area contributed by atoms with Gasteiger partial charge >= 0.3 is 5.91 Å². The van der Waals surface area contributed by atoms with Crippen LogP contribution in [-0.4, -0.2) is 55.0 Å². The van der Waals surface area contributed by atoms with Gasteiger partial charge in [0.1, 0.15) is 5.75 Å². The van der Waals surface area contributed by atoms with Gasteiger partial charge in [-0.15, -0.1) is 4.36 Å². The SMILES string of the molecule is CO[C@H]1/C=C/C[C@H](C)C[S@](C)(=O)=[NH+]C(=O)c2ccc3c(c2)N(C[C@@H]2CC[C@H]21)C[C@@]1(CCCc2cc(Cl)ccc21)CO3. The first kappa shape index (κ1) is 28.8. The van der Waals surface area contributed by atoms with Gasteiger partial charge in [-0.25, -0.2) is 9.00 Å². The number of ether oxygens (including phenoxy) is 2. The molecule has 1 N–H and O–H groups in total. The molecule has 8 heteroatoms. The highest BCUT2D eigenvalue weighted by Crippen LogP contribution is 2.47. The fraction of sp³-hybridized carbons (Fsp3) is 0.545. The van der Waals surface area contributed by atoms with E-state index in [1.54, 1.807) is 19.4 Å². The molecule has 0 saturated heterocycles. The summed E-state index contributed by atoms with van der Waals surface area (Å²) in [7, 11) is -0.749. The number of anilines is 1. The molecule has 6 rings (SSSR count). The van der Waals surface area contributed by atoms with Crippen LogP contribution in [0.2, 0.25) is 5.02 Å². The highest BCUT2D eigenvalue weighted by molar-refractivity contribution is 7.90. The van der Waals surface area contributed by atoms with Crippen LogP contribution >= 0.6 is 11.6 Å². The topological polar surface area (TPSA) is 69.8 Å². The molecule has 2 aliphatic heterocycles. The van der Waals surface area contributed by atoms with Gasteiger partial charge in [0.05, 0.1) is 36.0 Å². The van der Waals surface area contributed by atoms with E-state index in [0.29, 0.717) is 29.8 Å². The van der Waals surface area contributed by atoms with Crippen molar-refractivity contribution in [3.8, 4) is 5.75 Å². The molecule has 0 radical (unpaired) electrons. The maximum absolute atomic E-state index is 13.4. The normalized spacial score (nSPS) is 34.3. The minimum atomic E-state index is -2.56. The summed E-state index contributed by atoms with van der Waals surface area (Å²) in [5, 5.41) is 0.775. The Kier molecular flexibility index (Phi) is 7.98. The summed E-state index contributed by atoms with van der Waals surface area (Å²) < 4.78 is 28.9. The average Bonchev–Trinajstić information content (AvgIpc) is 3.06. The molecule has 2 bridgehead atoms. The monoisotopic (exact) mass is 597 g/mol. The van der Waals surface area contributed by atoms with E-state index in [2.05, 4.69) is 40.5 Å². The smallest absolute Gasteiger partial charge is 0.426 e. The van der Waals surface area contributed by atoms with Crippen molar-refractivity contribution in [3.63, 3.8) is 0 Å². The summed E-state index contributed by atoms with van der Waals surface area (Å²) in [5.74, 6) is 2.00. The van der Waals surface area contributed by atoms with Gasteiger partial charge in [-0.1, -0.05) is 36.7 Å². The molecule has 0 aromatic heterocycles. The van der Waals surface area contributed by atoms with Crippen LogP contribution in [0, 0.1) is 17.8 Å². The van der Waals surface area contributed by atoms with E-state index in [1.165, 1.54) is 11.1 Å². The lowest BCUT2D eigenvalue weighted by Gasteiger charge is -2.46. The average molecular weight is 598 g/mol. The number of nitrogens with one attached hydrogen (secondary N) is 1. The van der Waals surface area contributed by atoms with E-state index in [0.717, 1.165) is 68.1 Å². The molecular formula is C33H42ClN2O4S+. The number of methoxy groups -OCH3 is 1. The first-order chi connectivity index (χ1) is 19.7. The van der Waals surface area contributed by atoms with Crippen LogP contribution in [0.15, 0.2) is 48.6 Å². The number of fused-ring (bicyclic) bond motifs is 4. The standard InChI is InChI=1S/C33H41ClN2O4S/c1-22-6-4-8-30(39-2)27-12-9-25(27)18-36-20-33(15-5-7-23-16-26(34)11-13-28(23)33)21-40-31-14-10-24(17-29(31)36)32(37)35-41(3,38)19-22/h4,8,10-11,13-14,16-17,22,25,27,30H,5-7,9,12,15,18-21H2,1-3H3/p+1/b8-4+/t22-,25-,27+,30-,33-,41-/m0/s1. The van der Waals surface area contributed by atoms with E-state index in [4.69, 9.17) is 21.1 Å². The number of hydrogen-bond acceptors (Lipinski definition) is 5. The maximum Gasteiger partial charge on any atom is 0.426 e. The first-order valence-electron chi connectivity index (χ1n) is 15.0. The fourth-order valence-electron chi connectivity index (χ4n) is 7.54. The fourth-order valence-corrected chi connectivity index (χ4v) is 9.55. The summed E-state index contributed by atoms with van der Waals surface area (Å²) in [5.41, 5.74) is 3.92. The van der Waals surface area contributed by atoms with Crippen molar-refractivity contribution in [1.29, 1.82) is 0 Å². The molecule has 6 atom stereocenters. The largest absolute Gasteiger partial charge is 0.490 e.